The number of hydrogen-bond acceptors (Lipinski definition) is 3. The van der Waals surface area contributed by atoms with Crippen LogP contribution in [0.3, 0.4) is 0 Å². The predicted octanol–water partition coefficient (Wildman–Crippen LogP) is 3.11. The van der Waals surface area contributed by atoms with E-state index in [1.165, 1.54) is 12.2 Å². The molecule has 0 saturated carbocycles. The minimum absolute atomic E-state index is 0.524. The van der Waals surface area contributed by atoms with Crippen molar-refractivity contribution in [2.45, 2.75) is 0 Å². The molecule has 2 aromatic rings. The van der Waals surface area contributed by atoms with Gasteiger partial charge in [-0.3, -0.25) is 4.79 Å². The van der Waals surface area contributed by atoms with Gasteiger partial charge in [-0.05, 0) is 36.4 Å². The first-order chi connectivity index (χ1) is 9.10. The standard InChI is InChI=1S/C14H12ClNO3/c1-18-12-5-2-9(15)8-11(12)13-6-3-10(19-13)4-7-14(16)17/h2-8H,1H3,(H2,16,17)/b7-4+. The molecule has 0 atom stereocenters. The van der Waals surface area contributed by atoms with Crippen molar-refractivity contribution >= 4 is 23.6 Å². The van der Waals surface area contributed by atoms with E-state index in [4.69, 9.17) is 26.5 Å². The van der Waals surface area contributed by atoms with Crippen molar-refractivity contribution in [2.75, 3.05) is 7.11 Å². The van der Waals surface area contributed by atoms with Crippen LogP contribution in [0.15, 0.2) is 40.8 Å². The van der Waals surface area contributed by atoms with E-state index in [1.807, 2.05) is 0 Å². The summed E-state index contributed by atoms with van der Waals surface area (Å²) in [6.45, 7) is 0. The molecule has 0 spiro atoms. The Kier molecular flexibility index (Phi) is 3.92. The second kappa shape index (κ2) is 5.63. The molecule has 0 aliphatic heterocycles. The number of ether oxygens (including phenoxy) is 1. The van der Waals surface area contributed by atoms with Crippen molar-refractivity contribution < 1.29 is 13.9 Å². The zero-order chi connectivity index (χ0) is 13.8. The second-order valence-electron chi connectivity index (χ2n) is 3.78. The molecule has 4 nitrogen and oxygen atoms in total. The van der Waals surface area contributed by atoms with Gasteiger partial charge >= 0.3 is 0 Å². The molecule has 0 aliphatic carbocycles. The largest absolute Gasteiger partial charge is 0.496 e. The molecule has 0 bridgehead atoms. The minimum Gasteiger partial charge on any atom is -0.496 e. The monoisotopic (exact) mass is 277 g/mol. The van der Waals surface area contributed by atoms with Crippen molar-refractivity contribution in [3.8, 4) is 17.1 Å². The first-order valence-electron chi connectivity index (χ1n) is 5.51. The van der Waals surface area contributed by atoms with E-state index in [9.17, 15) is 4.79 Å². The van der Waals surface area contributed by atoms with Crippen molar-refractivity contribution in [2.24, 2.45) is 5.73 Å². The third-order valence-electron chi connectivity index (χ3n) is 2.47. The van der Waals surface area contributed by atoms with Gasteiger partial charge in [0.1, 0.15) is 17.3 Å². The molecule has 2 rings (SSSR count). The Hall–Kier alpha value is -2.20. The number of furan rings is 1. The minimum atomic E-state index is -0.529. The molecule has 0 aliphatic rings. The van der Waals surface area contributed by atoms with Crippen LogP contribution < -0.4 is 10.5 Å². The quantitative estimate of drug-likeness (QED) is 0.873. The predicted molar refractivity (Wildman–Crippen MR) is 73.9 cm³/mol. The van der Waals surface area contributed by atoms with Crippen LogP contribution in [0.5, 0.6) is 5.75 Å². The second-order valence-corrected chi connectivity index (χ2v) is 4.22. The molecule has 5 heteroatoms. The highest BCUT2D eigenvalue weighted by Crippen LogP contribution is 2.33. The van der Waals surface area contributed by atoms with Crippen molar-refractivity contribution in [1.29, 1.82) is 0 Å². The van der Waals surface area contributed by atoms with Crippen molar-refractivity contribution in [3.05, 3.63) is 47.2 Å². The fourth-order valence-electron chi connectivity index (χ4n) is 1.62. The lowest BCUT2D eigenvalue weighted by Gasteiger charge is -2.06. The number of hydrogen-bond donors (Lipinski definition) is 1. The third kappa shape index (κ3) is 3.17. The number of nitrogens with two attached hydrogens (primary N) is 1. The Morgan fingerprint density at radius 3 is 2.84 bits per heavy atom. The maximum atomic E-state index is 10.7. The van der Waals surface area contributed by atoms with E-state index in [1.54, 1.807) is 37.4 Å². The van der Waals surface area contributed by atoms with Gasteiger partial charge in [-0.25, -0.2) is 0 Å². The molecule has 1 heterocycles. The van der Waals surface area contributed by atoms with E-state index in [0.29, 0.717) is 22.3 Å². The summed E-state index contributed by atoms with van der Waals surface area (Å²) in [5.41, 5.74) is 5.76. The first-order valence-corrected chi connectivity index (χ1v) is 5.89. The summed E-state index contributed by atoms with van der Waals surface area (Å²) in [4.78, 5) is 10.7. The summed E-state index contributed by atoms with van der Waals surface area (Å²) >= 11 is 5.96. The number of benzene rings is 1. The summed E-state index contributed by atoms with van der Waals surface area (Å²) in [5, 5.41) is 0.585. The summed E-state index contributed by atoms with van der Waals surface area (Å²) in [6, 6.07) is 8.75. The first kappa shape index (κ1) is 13.2. The zero-order valence-electron chi connectivity index (χ0n) is 10.2. The number of primary amides is 1. The fraction of sp³-hybridized carbons (Fsp3) is 0.0714. The number of carbonyl (C=O) groups excluding carboxylic acids is 1. The van der Waals surface area contributed by atoms with Crippen LogP contribution >= 0.6 is 11.6 Å². The van der Waals surface area contributed by atoms with E-state index in [-0.39, 0.29) is 0 Å². The number of halogens is 1. The van der Waals surface area contributed by atoms with Crippen molar-refractivity contribution in [1.82, 2.24) is 0 Å². The maximum absolute atomic E-state index is 10.7. The highest BCUT2D eigenvalue weighted by molar-refractivity contribution is 6.30. The van der Waals surface area contributed by atoms with Gasteiger partial charge in [0.05, 0.1) is 12.7 Å². The molecule has 0 radical (unpaired) electrons. The Morgan fingerprint density at radius 1 is 1.37 bits per heavy atom. The molecule has 1 aromatic heterocycles. The fourth-order valence-corrected chi connectivity index (χ4v) is 1.80. The summed E-state index contributed by atoms with van der Waals surface area (Å²) in [7, 11) is 1.57. The topological polar surface area (TPSA) is 65.5 Å². The zero-order valence-corrected chi connectivity index (χ0v) is 11.0. The van der Waals surface area contributed by atoms with Crippen LogP contribution in [-0.2, 0) is 4.79 Å². The van der Waals surface area contributed by atoms with E-state index >= 15 is 0 Å². The lowest BCUT2D eigenvalue weighted by atomic mass is 10.1. The highest BCUT2D eigenvalue weighted by atomic mass is 35.5. The Bertz CT molecular complexity index is 631. The average molecular weight is 278 g/mol. The molecule has 1 amide bonds. The molecular formula is C14H12ClNO3. The molecule has 1 aromatic carbocycles. The number of rotatable bonds is 4. The Balaban J connectivity index is 2.37. The van der Waals surface area contributed by atoms with Crippen LogP contribution in [0.25, 0.3) is 17.4 Å². The lowest BCUT2D eigenvalue weighted by Crippen LogP contribution is -2.04. The molecule has 0 fully saturated rings. The molecule has 19 heavy (non-hydrogen) atoms. The lowest BCUT2D eigenvalue weighted by molar-refractivity contribution is -0.113. The van der Waals surface area contributed by atoms with Crippen LogP contribution in [0.1, 0.15) is 5.76 Å². The van der Waals surface area contributed by atoms with Gasteiger partial charge in [0.25, 0.3) is 0 Å². The van der Waals surface area contributed by atoms with E-state index in [0.717, 1.165) is 5.56 Å². The number of methoxy groups -OCH3 is 1. The van der Waals surface area contributed by atoms with Gasteiger partial charge < -0.3 is 14.9 Å². The maximum Gasteiger partial charge on any atom is 0.241 e. The molecule has 2 N–H and O–H groups in total. The molecule has 0 saturated heterocycles. The smallest absolute Gasteiger partial charge is 0.241 e. The summed E-state index contributed by atoms with van der Waals surface area (Å²) in [6.07, 6.45) is 2.74. The van der Waals surface area contributed by atoms with Crippen molar-refractivity contribution in [3.63, 3.8) is 0 Å². The summed E-state index contributed by atoms with van der Waals surface area (Å²) in [5.74, 6) is 1.25. The molecule has 0 unspecified atom stereocenters. The SMILES string of the molecule is COc1ccc(Cl)cc1-c1ccc(/C=C/C(N)=O)o1. The normalized spacial score (nSPS) is 10.8. The average Bonchev–Trinajstić information content (AvgIpc) is 2.85. The van der Waals surface area contributed by atoms with Gasteiger partial charge in [-0.15, -0.1) is 0 Å². The number of amides is 1. The summed E-state index contributed by atoms with van der Waals surface area (Å²) < 4.78 is 10.8. The van der Waals surface area contributed by atoms with Crippen LogP contribution in [0.2, 0.25) is 5.02 Å². The van der Waals surface area contributed by atoms with Gasteiger partial charge in [0.15, 0.2) is 0 Å². The van der Waals surface area contributed by atoms with Gasteiger partial charge in [-0.1, -0.05) is 11.6 Å². The molecular weight excluding hydrogens is 266 g/mol. The highest BCUT2D eigenvalue weighted by Gasteiger charge is 2.10. The van der Waals surface area contributed by atoms with Crippen LogP contribution in [0, 0.1) is 0 Å². The van der Waals surface area contributed by atoms with Gasteiger partial charge in [0.2, 0.25) is 5.91 Å². The van der Waals surface area contributed by atoms with Gasteiger partial charge in [-0.2, -0.15) is 0 Å². The number of carbonyl (C=O) groups is 1. The van der Waals surface area contributed by atoms with Crippen LogP contribution in [0.4, 0.5) is 0 Å². The van der Waals surface area contributed by atoms with Crippen LogP contribution in [-0.4, -0.2) is 13.0 Å². The molecule has 98 valence electrons. The van der Waals surface area contributed by atoms with E-state index in [2.05, 4.69) is 0 Å². The Labute approximate surface area is 115 Å². The van der Waals surface area contributed by atoms with Gasteiger partial charge in [0, 0.05) is 11.1 Å². The third-order valence-corrected chi connectivity index (χ3v) is 2.70. The van der Waals surface area contributed by atoms with E-state index < -0.39 is 5.91 Å². The Morgan fingerprint density at radius 2 is 2.16 bits per heavy atom.